The van der Waals surface area contributed by atoms with Crippen LogP contribution in [-0.2, 0) is 9.59 Å². The van der Waals surface area contributed by atoms with Crippen LogP contribution in [0.4, 0.5) is 0 Å². The third-order valence-corrected chi connectivity index (χ3v) is 2.22. The Morgan fingerprint density at radius 2 is 1.60 bits per heavy atom. The van der Waals surface area contributed by atoms with Crippen LogP contribution in [0.25, 0.3) is 0 Å². The Labute approximate surface area is 91.4 Å². The van der Waals surface area contributed by atoms with Gasteiger partial charge in [-0.1, -0.05) is 0 Å². The molecule has 0 rings (SSSR count). The summed E-state index contributed by atoms with van der Waals surface area (Å²) in [5, 5.41) is 0. The SMILES string of the molecule is CC(N)CCC(=O)CCC(=O)CCCN. The highest BCUT2D eigenvalue weighted by Gasteiger charge is 2.07. The van der Waals surface area contributed by atoms with E-state index in [9.17, 15) is 9.59 Å². The van der Waals surface area contributed by atoms with Gasteiger partial charge in [0, 0.05) is 31.7 Å². The average Bonchev–Trinajstić information content (AvgIpc) is 2.20. The van der Waals surface area contributed by atoms with Gasteiger partial charge in [0.1, 0.15) is 11.6 Å². The number of nitrogens with two attached hydrogens (primary N) is 2. The average molecular weight is 214 g/mol. The molecule has 0 aromatic heterocycles. The lowest BCUT2D eigenvalue weighted by molar-refractivity contribution is -0.124. The summed E-state index contributed by atoms with van der Waals surface area (Å²) in [6, 6.07) is 0.0573. The van der Waals surface area contributed by atoms with Crippen LogP contribution in [0.3, 0.4) is 0 Å². The van der Waals surface area contributed by atoms with Crippen molar-refractivity contribution >= 4 is 11.6 Å². The van der Waals surface area contributed by atoms with Gasteiger partial charge >= 0.3 is 0 Å². The van der Waals surface area contributed by atoms with E-state index < -0.39 is 0 Å². The van der Waals surface area contributed by atoms with E-state index in [0.29, 0.717) is 45.1 Å². The van der Waals surface area contributed by atoms with Crippen LogP contribution in [0.2, 0.25) is 0 Å². The van der Waals surface area contributed by atoms with E-state index in [4.69, 9.17) is 11.5 Å². The molecule has 1 atom stereocenters. The first-order chi connectivity index (χ1) is 7.06. The van der Waals surface area contributed by atoms with Gasteiger partial charge < -0.3 is 11.5 Å². The van der Waals surface area contributed by atoms with Crippen LogP contribution < -0.4 is 11.5 Å². The van der Waals surface area contributed by atoms with Gasteiger partial charge in [-0.25, -0.2) is 0 Å². The lowest BCUT2D eigenvalue weighted by atomic mass is 10.0. The van der Waals surface area contributed by atoms with Crippen molar-refractivity contribution in [3.05, 3.63) is 0 Å². The molecule has 0 aliphatic carbocycles. The molecular weight excluding hydrogens is 192 g/mol. The third-order valence-electron chi connectivity index (χ3n) is 2.22. The zero-order chi connectivity index (χ0) is 11.7. The van der Waals surface area contributed by atoms with E-state index >= 15 is 0 Å². The first-order valence-electron chi connectivity index (χ1n) is 5.55. The van der Waals surface area contributed by atoms with Gasteiger partial charge in [0.05, 0.1) is 0 Å². The fourth-order valence-electron chi connectivity index (χ4n) is 1.22. The molecule has 0 aromatic rings. The molecule has 0 aliphatic rings. The van der Waals surface area contributed by atoms with E-state index in [-0.39, 0.29) is 17.6 Å². The molecule has 0 radical (unpaired) electrons. The van der Waals surface area contributed by atoms with Gasteiger partial charge in [-0.05, 0) is 26.3 Å². The van der Waals surface area contributed by atoms with Crippen molar-refractivity contribution in [2.75, 3.05) is 6.54 Å². The molecule has 4 heteroatoms. The summed E-state index contributed by atoms with van der Waals surface area (Å²) in [5.41, 5.74) is 10.8. The fraction of sp³-hybridized carbons (Fsp3) is 0.818. The van der Waals surface area contributed by atoms with Gasteiger partial charge in [0.15, 0.2) is 0 Å². The van der Waals surface area contributed by atoms with Crippen molar-refractivity contribution in [1.29, 1.82) is 0 Å². The number of hydrogen-bond donors (Lipinski definition) is 2. The molecule has 1 unspecified atom stereocenters. The monoisotopic (exact) mass is 214 g/mol. The molecule has 0 aliphatic heterocycles. The minimum absolute atomic E-state index is 0.0573. The highest BCUT2D eigenvalue weighted by Crippen LogP contribution is 2.03. The Morgan fingerprint density at radius 3 is 2.07 bits per heavy atom. The highest BCUT2D eigenvalue weighted by molar-refractivity contribution is 5.85. The summed E-state index contributed by atoms with van der Waals surface area (Å²) < 4.78 is 0. The minimum atomic E-state index is 0.0573. The molecule has 4 nitrogen and oxygen atoms in total. The maximum absolute atomic E-state index is 11.3. The third kappa shape index (κ3) is 9.56. The molecular formula is C11H22N2O2. The molecule has 4 N–H and O–H groups in total. The van der Waals surface area contributed by atoms with E-state index in [0.717, 1.165) is 0 Å². The standard InChI is InChI=1S/C11H22N2O2/c1-9(13)4-5-11(15)7-6-10(14)3-2-8-12/h9H,2-8,12-13H2,1H3. The Morgan fingerprint density at radius 1 is 1.07 bits per heavy atom. The van der Waals surface area contributed by atoms with Crippen molar-refractivity contribution in [1.82, 2.24) is 0 Å². The molecule has 15 heavy (non-hydrogen) atoms. The summed E-state index contributed by atoms with van der Waals surface area (Å²) in [4.78, 5) is 22.5. The molecule has 0 aromatic carbocycles. The van der Waals surface area contributed by atoms with E-state index in [1.54, 1.807) is 0 Å². The summed E-state index contributed by atoms with van der Waals surface area (Å²) in [6.07, 6.45) is 3.12. The number of Topliss-reactive ketones (excluding diaryl/α,β-unsaturated/α-hetero) is 2. The number of rotatable bonds is 9. The molecule has 0 fully saturated rings. The zero-order valence-electron chi connectivity index (χ0n) is 9.50. The van der Waals surface area contributed by atoms with E-state index in [2.05, 4.69) is 0 Å². The first-order valence-corrected chi connectivity index (χ1v) is 5.55. The molecule has 0 heterocycles. The quantitative estimate of drug-likeness (QED) is 0.593. The number of carbonyl (C=O) groups excluding carboxylic acids is 2. The second-order valence-electron chi connectivity index (χ2n) is 3.99. The van der Waals surface area contributed by atoms with Crippen molar-refractivity contribution in [2.45, 2.75) is 51.5 Å². The zero-order valence-corrected chi connectivity index (χ0v) is 9.50. The summed E-state index contributed by atoms with van der Waals surface area (Å²) in [6.45, 7) is 2.41. The Hall–Kier alpha value is -0.740. The Balaban J connectivity index is 3.49. The van der Waals surface area contributed by atoms with Gasteiger partial charge in [-0.2, -0.15) is 0 Å². The molecule has 0 spiro atoms. The number of ketones is 2. The molecule has 0 amide bonds. The fourth-order valence-corrected chi connectivity index (χ4v) is 1.22. The lowest BCUT2D eigenvalue weighted by Crippen LogP contribution is -2.16. The molecule has 0 bridgehead atoms. The van der Waals surface area contributed by atoms with Crippen LogP contribution >= 0.6 is 0 Å². The Bertz CT molecular complexity index is 203. The first kappa shape index (κ1) is 14.3. The maximum Gasteiger partial charge on any atom is 0.133 e. The largest absolute Gasteiger partial charge is 0.330 e. The molecule has 0 saturated carbocycles. The van der Waals surface area contributed by atoms with Crippen LogP contribution in [0.5, 0.6) is 0 Å². The maximum atomic E-state index is 11.3. The lowest BCUT2D eigenvalue weighted by Gasteiger charge is -2.03. The highest BCUT2D eigenvalue weighted by atomic mass is 16.1. The van der Waals surface area contributed by atoms with Gasteiger partial charge in [0.2, 0.25) is 0 Å². The normalized spacial score (nSPS) is 12.5. The van der Waals surface area contributed by atoms with Crippen molar-refractivity contribution < 1.29 is 9.59 Å². The summed E-state index contributed by atoms with van der Waals surface area (Å²) in [7, 11) is 0. The Kier molecular flexibility index (Phi) is 8.14. The van der Waals surface area contributed by atoms with Gasteiger partial charge in [-0.15, -0.1) is 0 Å². The van der Waals surface area contributed by atoms with Gasteiger partial charge in [-0.3, -0.25) is 9.59 Å². The topological polar surface area (TPSA) is 86.2 Å². The van der Waals surface area contributed by atoms with Crippen LogP contribution in [0.15, 0.2) is 0 Å². The number of hydrogen-bond acceptors (Lipinski definition) is 4. The molecule has 88 valence electrons. The summed E-state index contributed by atoms with van der Waals surface area (Å²) in [5.74, 6) is 0.267. The van der Waals surface area contributed by atoms with Crippen LogP contribution in [-0.4, -0.2) is 24.2 Å². The van der Waals surface area contributed by atoms with Crippen LogP contribution in [0, 0.1) is 0 Å². The molecule has 0 saturated heterocycles. The smallest absolute Gasteiger partial charge is 0.133 e. The van der Waals surface area contributed by atoms with Crippen molar-refractivity contribution in [3.8, 4) is 0 Å². The second kappa shape index (κ2) is 8.56. The van der Waals surface area contributed by atoms with E-state index in [1.807, 2.05) is 6.92 Å². The van der Waals surface area contributed by atoms with Crippen LogP contribution in [0.1, 0.15) is 45.4 Å². The van der Waals surface area contributed by atoms with Crippen molar-refractivity contribution in [3.63, 3.8) is 0 Å². The number of carbonyl (C=O) groups is 2. The predicted molar refractivity (Wildman–Crippen MR) is 60.4 cm³/mol. The summed E-state index contributed by atoms with van der Waals surface area (Å²) >= 11 is 0. The predicted octanol–water partition coefficient (Wildman–Crippen LogP) is 0.771. The van der Waals surface area contributed by atoms with Gasteiger partial charge in [0.25, 0.3) is 0 Å². The minimum Gasteiger partial charge on any atom is -0.330 e. The van der Waals surface area contributed by atoms with E-state index in [1.165, 1.54) is 0 Å². The second-order valence-corrected chi connectivity index (χ2v) is 3.99. The van der Waals surface area contributed by atoms with Crippen molar-refractivity contribution in [2.24, 2.45) is 11.5 Å².